The zero-order valence-corrected chi connectivity index (χ0v) is 26.7. The second-order valence-corrected chi connectivity index (χ2v) is 13.3. The molecule has 1 aromatic heterocycles. The third-order valence-electron chi connectivity index (χ3n) is 10.6. The van der Waals surface area contributed by atoms with Crippen molar-refractivity contribution in [3.05, 3.63) is 176 Å². The molecule has 0 amide bonds. The molecule has 0 bridgehead atoms. The molecular formula is C48H29N. The van der Waals surface area contributed by atoms with Crippen LogP contribution in [0.3, 0.4) is 0 Å². The third kappa shape index (κ3) is 3.82. The minimum Gasteiger partial charge on any atom is -0.309 e. The lowest BCUT2D eigenvalue weighted by Gasteiger charge is -2.17. The summed E-state index contributed by atoms with van der Waals surface area (Å²) in [7, 11) is 0. The third-order valence-corrected chi connectivity index (χ3v) is 10.6. The van der Waals surface area contributed by atoms with Gasteiger partial charge in [0, 0.05) is 16.5 Å². The monoisotopic (exact) mass is 619 g/mol. The standard InChI is InChI=1S/C48H29N/c1-2-12-30(13-3-1)34-24-35(26-36(25-34)49-45-20-10-8-18-39(45)40-19-9-11-21-46(40)49)38-22-23-41-42-27-31-14-4-5-15-32(31)28-43(42)44-29-33-16-6-7-17-37(33)47(38)48(41)44/h1-29H. The predicted molar refractivity (Wildman–Crippen MR) is 209 cm³/mol. The molecule has 1 aliphatic carbocycles. The Bertz CT molecular complexity index is 2930. The van der Waals surface area contributed by atoms with Crippen LogP contribution >= 0.6 is 0 Å². The van der Waals surface area contributed by atoms with Crippen LogP contribution in [0.2, 0.25) is 0 Å². The number of benzene rings is 9. The van der Waals surface area contributed by atoms with Gasteiger partial charge in [0.25, 0.3) is 0 Å². The van der Waals surface area contributed by atoms with Gasteiger partial charge in [0.2, 0.25) is 0 Å². The molecule has 226 valence electrons. The molecule has 0 unspecified atom stereocenters. The van der Waals surface area contributed by atoms with E-state index in [-0.39, 0.29) is 0 Å². The first kappa shape index (κ1) is 26.6. The van der Waals surface area contributed by atoms with Crippen LogP contribution in [0, 0.1) is 0 Å². The van der Waals surface area contributed by atoms with Gasteiger partial charge >= 0.3 is 0 Å². The molecular weight excluding hydrogens is 591 g/mol. The Balaban J connectivity index is 1.26. The molecule has 9 aromatic carbocycles. The van der Waals surface area contributed by atoms with Gasteiger partial charge in [-0.05, 0) is 125 Å². The number of aromatic nitrogens is 1. The highest BCUT2D eigenvalue weighted by molar-refractivity contribution is 6.28. The molecule has 0 atom stereocenters. The summed E-state index contributed by atoms with van der Waals surface area (Å²) in [6.07, 6.45) is 0. The van der Waals surface area contributed by atoms with E-state index in [0.29, 0.717) is 0 Å². The summed E-state index contributed by atoms with van der Waals surface area (Å²) in [4.78, 5) is 0. The number of fused-ring (bicyclic) bond motifs is 9. The molecule has 1 heteroatoms. The number of hydrogen-bond acceptors (Lipinski definition) is 0. The topological polar surface area (TPSA) is 4.93 Å². The van der Waals surface area contributed by atoms with Crippen molar-refractivity contribution in [1.82, 2.24) is 4.57 Å². The first-order valence-corrected chi connectivity index (χ1v) is 17.0. The van der Waals surface area contributed by atoms with Gasteiger partial charge in [0.05, 0.1) is 11.0 Å². The van der Waals surface area contributed by atoms with E-state index in [4.69, 9.17) is 0 Å². The maximum atomic E-state index is 2.44. The zero-order valence-electron chi connectivity index (χ0n) is 26.7. The molecule has 0 N–H and O–H groups in total. The van der Waals surface area contributed by atoms with Gasteiger partial charge in [0.1, 0.15) is 0 Å². The predicted octanol–water partition coefficient (Wildman–Crippen LogP) is 13.2. The van der Waals surface area contributed by atoms with E-state index in [9.17, 15) is 0 Å². The van der Waals surface area contributed by atoms with Gasteiger partial charge in [-0.1, -0.05) is 127 Å². The van der Waals surface area contributed by atoms with Crippen LogP contribution in [-0.2, 0) is 0 Å². The van der Waals surface area contributed by atoms with E-state index < -0.39 is 0 Å². The smallest absolute Gasteiger partial charge is 0.0541 e. The van der Waals surface area contributed by atoms with Gasteiger partial charge in [0.15, 0.2) is 0 Å². The lowest BCUT2D eigenvalue weighted by molar-refractivity contribution is 1.18. The van der Waals surface area contributed by atoms with Crippen molar-refractivity contribution in [3.63, 3.8) is 0 Å². The fraction of sp³-hybridized carbons (Fsp3) is 0. The summed E-state index contributed by atoms with van der Waals surface area (Å²) in [5.41, 5.74) is 13.8. The van der Waals surface area contributed by atoms with Gasteiger partial charge in [-0.15, -0.1) is 0 Å². The summed E-state index contributed by atoms with van der Waals surface area (Å²) in [5, 5.41) is 10.3. The minimum atomic E-state index is 1.16. The van der Waals surface area contributed by atoms with E-state index in [2.05, 4.69) is 180 Å². The number of para-hydroxylation sites is 2. The normalized spacial score (nSPS) is 12.1. The van der Waals surface area contributed by atoms with Crippen molar-refractivity contribution in [2.45, 2.75) is 0 Å². The lowest BCUT2D eigenvalue weighted by atomic mass is 9.89. The summed E-state index contributed by atoms with van der Waals surface area (Å²) >= 11 is 0. The maximum Gasteiger partial charge on any atom is 0.0541 e. The Morgan fingerprint density at radius 3 is 1.53 bits per heavy atom. The average Bonchev–Trinajstić information content (AvgIpc) is 3.67. The lowest BCUT2D eigenvalue weighted by Crippen LogP contribution is -1.96. The van der Waals surface area contributed by atoms with Crippen molar-refractivity contribution in [1.29, 1.82) is 0 Å². The van der Waals surface area contributed by atoms with E-state index in [1.54, 1.807) is 0 Å². The molecule has 0 saturated heterocycles. The van der Waals surface area contributed by atoms with Crippen molar-refractivity contribution in [2.24, 2.45) is 0 Å². The van der Waals surface area contributed by atoms with Crippen LogP contribution in [0.25, 0.3) is 104 Å². The molecule has 0 saturated carbocycles. The molecule has 0 aliphatic heterocycles. The van der Waals surface area contributed by atoms with Gasteiger partial charge in [-0.25, -0.2) is 0 Å². The van der Waals surface area contributed by atoms with E-state index in [1.807, 2.05) is 0 Å². The Morgan fingerprint density at radius 1 is 0.286 bits per heavy atom. The zero-order chi connectivity index (χ0) is 32.1. The van der Waals surface area contributed by atoms with Crippen molar-refractivity contribution in [2.75, 3.05) is 0 Å². The minimum absolute atomic E-state index is 1.16. The van der Waals surface area contributed by atoms with Crippen molar-refractivity contribution in [3.8, 4) is 50.2 Å². The first-order valence-electron chi connectivity index (χ1n) is 17.0. The summed E-state index contributed by atoms with van der Waals surface area (Å²) in [5.74, 6) is 0. The van der Waals surface area contributed by atoms with E-state index >= 15 is 0 Å². The fourth-order valence-electron chi connectivity index (χ4n) is 8.50. The maximum absolute atomic E-state index is 2.44. The van der Waals surface area contributed by atoms with Crippen molar-refractivity contribution >= 4 is 54.1 Å². The molecule has 0 radical (unpaired) electrons. The van der Waals surface area contributed by atoms with Crippen LogP contribution < -0.4 is 0 Å². The molecule has 10 aromatic rings. The summed E-state index contributed by atoms with van der Waals surface area (Å²) in [6, 6.07) is 65.1. The van der Waals surface area contributed by atoms with E-state index in [1.165, 1.54) is 98.6 Å². The first-order chi connectivity index (χ1) is 24.3. The number of hydrogen-bond donors (Lipinski definition) is 0. The highest BCUT2D eigenvalue weighted by atomic mass is 15.0. The van der Waals surface area contributed by atoms with Gasteiger partial charge < -0.3 is 4.57 Å². The second-order valence-electron chi connectivity index (χ2n) is 13.3. The SMILES string of the molecule is c1ccc(-c2cc(-c3ccc4c5c(cc6ccccc6c35)-c3cc5ccccc5cc3-4)cc(-n3c4ccccc4c4ccccc43)c2)cc1. The molecule has 1 heterocycles. The Morgan fingerprint density at radius 2 is 0.816 bits per heavy atom. The fourth-order valence-corrected chi connectivity index (χ4v) is 8.50. The van der Waals surface area contributed by atoms with Crippen LogP contribution in [0.1, 0.15) is 0 Å². The van der Waals surface area contributed by atoms with Crippen LogP contribution in [0.4, 0.5) is 0 Å². The molecule has 0 spiro atoms. The highest BCUT2D eigenvalue weighted by Crippen LogP contribution is 2.53. The van der Waals surface area contributed by atoms with Crippen molar-refractivity contribution < 1.29 is 0 Å². The quantitative estimate of drug-likeness (QED) is 0.173. The Kier molecular flexibility index (Phi) is 5.45. The highest BCUT2D eigenvalue weighted by Gasteiger charge is 2.26. The largest absolute Gasteiger partial charge is 0.309 e. The summed E-state index contributed by atoms with van der Waals surface area (Å²) in [6.45, 7) is 0. The number of nitrogens with zero attached hydrogens (tertiary/aromatic N) is 1. The van der Waals surface area contributed by atoms with E-state index in [0.717, 1.165) is 5.69 Å². The Labute approximate surface area is 283 Å². The molecule has 1 nitrogen and oxygen atoms in total. The number of rotatable bonds is 3. The molecule has 11 rings (SSSR count). The van der Waals surface area contributed by atoms with Gasteiger partial charge in [-0.2, -0.15) is 0 Å². The summed E-state index contributed by atoms with van der Waals surface area (Å²) < 4.78 is 2.44. The molecule has 1 aliphatic rings. The van der Waals surface area contributed by atoms with Crippen LogP contribution in [0.5, 0.6) is 0 Å². The molecule has 49 heavy (non-hydrogen) atoms. The molecule has 0 fully saturated rings. The Hall–Kier alpha value is -6.44. The van der Waals surface area contributed by atoms with Gasteiger partial charge in [-0.3, -0.25) is 0 Å². The van der Waals surface area contributed by atoms with Crippen LogP contribution in [0.15, 0.2) is 176 Å². The second kappa shape index (κ2) is 10.0. The van der Waals surface area contributed by atoms with Crippen LogP contribution in [-0.4, -0.2) is 4.57 Å². The average molecular weight is 620 g/mol.